The predicted molar refractivity (Wildman–Crippen MR) is 130 cm³/mol. The van der Waals surface area contributed by atoms with E-state index in [0.29, 0.717) is 36.3 Å². The first-order valence-corrected chi connectivity index (χ1v) is 13.5. The Morgan fingerprint density at radius 1 is 1.15 bits per heavy atom. The molecular weight excluding hydrogens is 456 g/mol. The minimum atomic E-state index is -3.78. The lowest BCUT2D eigenvalue weighted by atomic mass is 9.96. The maximum absolute atomic E-state index is 14.2. The van der Waals surface area contributed by atoms with Crippen LogP contribution in [0, 0.1) is 5.41 Å². The van der Waals surface area contributed by atoms with Crippen LogP contribution in [0.5, 0.6) is 0 Å². The molecule has 0 spiro atoms. The largest absolute Gasteiger partial charge is 0.347 e. The summed E-state index contributed by atoms with van der Waals surface area (Å²) in [4.78, 5) is 4.65. The van der Waals surface area contributed by atoms with Crippen molar-refractivity contribution in [3.63, 3.8) is 0 Å². The Labute approximate surface area is 199 Å². The summed E-state index contributed by atoms with van der Waals surface area (Å²) < 4.78 is 57.8. The molecule has 0 aliphatic heterocycles. The molecule has 2 saturated carbocycles. The van der Waals surface area contributed by atoms with Gasteiger partial charge in [0.2, 0.25) is 10.0 Å². The molecular formula is C26H31F2N3O2S. The second kappa shape index (κ2) is 8.41. The van der Waals surface area contributed by atoms with Crippen molar-refractivity contribution in [1.82, 2.24) is 14.3 Å². The van der Waals surface area contributed by atoms with Gasteiger partial charge in [-0.1, -0.05) is 39.0 Å². The summed E-state index contributed by atoms with van der Waals surface area (Å²) in [5.74, 6) is 0.524. The Kier molecular flexibility index (Phi) is 5.80. The maximum atomic E-state index is 14.2. The van der Waals surface area contributed by atoms with Crippen molar-refractivity contribution in [2.24, 2.45) is 5.41 Å². The molecule has 0 radical (unpaired) electrons. The smallest absolute Gasteiger partial charge is 0.258 e. The molecule has 2 aliphatic carbocycles. The Balaban J connectivity index is 1.63. The number of fused-ring (bicyclic) bond motifs is 1. The summed E-state index contributed by atoms with van der Waals surface area (Å²) in [6.07, 6.45) is 3.98. The van der Waals surface area contributed by atoms with E-state index < -0.39 is 27.7 Å². The lowest BCUT2D eigenvalue weighted by Crippen LogP contribution is -2.35. The van der Waals surface area contributed by atoms with Crippen molar-refractivity contribution in [3.8, 4) is 11.3 Å². The van der Waals surface area contributed by atoms with Gasteiger partial charge in [0.1, 0.15) is 6.04 Å². The Morgan fingerprint density at radius 3 is 2.50 bits per heavy atom. The zero-order chi connectivity index (χ0) is 24.3. The average molecular weight is 488 g/mol. The van der Waals surface area contributed by atoms with Gasteiger partial charge in [0, 0.05) is 41.0 Å². The minimum absolute atomic E-state index is 0.1000. The van der Waals surface area contributed by atoms with Crippen LogP contribution in [0.1, 0.15) is 69.5 Å². The number of pyridine rings is 1. The first-order valence-electron chi connectivity index (χ1n) is 11.9. The van der Waals surface area contributed by atoms with E-state index in [1.165, 1.54) is 5.56 Å². The average Bonchev–Trinajstić information content (AvgIpc) is 3.67. The van der Waals surface area contributed by atoms with Crippen LogP contribution in [-0.2, 0) is 16.6 Å². The van der Waals surface area contributed by atoms with Crippen LogP contribution in [0.3, 0.4) is 0 Å². The van der Waals surface area contributed by atoms with E-state index in [9.17, 15) is 17.2 Å². The third kappa shape index (κ3) is 4.75. The number of hydrogen-bond acceptors (Lipinski definition) is 3. The highest BCUT2D eigenvalue weighted by Crippen LogP contribution is 2.44. The number of halogens is 2. The van der Waals surface area contributed by atoms with Gasteiger partial charge in [-0.3, -0.25) is 4.98 Å². The maximum Gasteiger partial charge on any atom is 0.258 e. The molecule has 1 aromatic carbocycles. The van der Waals surface area contributed by atoms with E-state index in [2.05, 4.69) is 36.5 Å². The molecule has 2 aliphatic rings. The lowest BCUT2D eigenvalue weighted by molar-refractivity contribution is 0.109. The highest BCUT2D eigenvalue weighted by molar-refractivity contribution is 7.90. The number of hydrogen-bond donors (Lipinski definition) is 1. The zero-order valence-corrected chi connectivity index (χ0v) is 20.6. The van der Waals surface area contributed by atoms with Gasteiger partial charge in [0.05, 0.1) is 10.9 Å². The van der Waals surface area contributed by atoms with Gasteiger partial charge >= 0.3 is 0 Å². The van der Waals surface area contributed by atoms with Crippen molar-refractivity contribution >= 4 is 20.9 Å². The molecule has 8 heteroatoms. The molecule has 3 aromatic rings. The van der Waals surface area contributed by atoms with Crippen LogP contribution >= 0.6 is 0 Å². The third-order valence-electron chi connectivity index (χ3n) is 6.53. The highest BCUT2D eigenvalue weighted by Gasteiger charge is 2.40. The SMILES string of the molecule is CC(C)(C)Cn1cc(C(NS(=O)(=O)C2CC2)C(F)F)c2ccc(-c3ncccc3C3CC3)cc21. The van der Waals surface area contributed by atoms with E-state index in [-0.39, 0.29) is 5.41 Å². The predicted octanol–water partition coefficient (Wildman–Crippen LogP) is 6.01. The van der Waals surface area contributed by atoms with Gasteiger partial charge in [-0.2, -0.15) is 0 Å². The van der Waals surface area contributed by atoms with Gasteiger partial charge in [-0.25, -0.2) is 21.9 Å². The Bertz CT molecular complexity index is 1320. The van der Waals surface area contributed by atoms with Crippen LogP contribution in [0.2, 0.25) is 0 Å². The topological polar surface area (TPSA) is 64.0 Å². The van der Waals surface area contributed by atoms with Crippen molar-refractivity contribution in [1.29, 1.82) is 0 Å². The number of aromatic nitrogens is 2. The van der Waals surface area contributed by atoms with E-state index in [1.54, 1.807) is 12.4 Å². The molecule has 2 fully saturated rings. The normalized spacial score (nSPS) is 18.1. The second-order valence-electron chi connectivity index (χ2n) is 10.9. The zero-order valence-electron chi connectivity index (χ0n) is 19.8. The molecule has 0 bridgehead atoms. The third-order valence-corrected chi connectivity index (χ3v) is 8.46. The standard InChI is InChI=1S/C26H31F2N3O2S/c1-26(2,3)15-31-14-21(24(25(27)28)30-34(32,33)18-9-10-18)20-11-8-17(13-22(20)31)23-19(16-6-7-16)5-4-12-29-23/h4-5,8,11-14,16,18,24-25,30H,6-7,9-10,15H2,1-3H3. The number of nitrogens with zero attached hydrogens (tertiary/aromatic N) is 2. The molecule has 0 amide bonds. The molecule has 5 rings (SSSR count). The summed E-state index contributed by atoms with van der Waals surface area (Å²) in [7, 11) is -3.78. The van der Waals surface area contributed by atoms with Crippen molar-refractivity contribution < 1.29 is 17.2 Å². The molecule has 34 heavy (non-hydrogen) atoms. The summed E-state index contributed by atoms with van der Waals surface area (Å²) in [6, 6.07) is 8.25. The van der Waals surface area contributed by atoms with E-state index >= 15 is 0 Å². The number of sulfonamides is 1. The number of rotatable bonds is 8. The fourth-order valence-electron chi connectivity index (χ4n) is 4.64. The van der Waals surface area contributed by atoms with Crippen molar-refractivity contribution in [2.75, 3.05) is 0 Å². The van der Waals surface area contributed by atoms with Gasteiger partial charge in [-0.05, 0) is 54.7 Å². The van der Waals surface area contributed by atoms with Crippen LogP contribution < -0.4 is 4.72 Å². The number of benzene rings is 1. The monoisotopic (exact) mass is 487 g/mol. The number of nitrogens with one attached hydrogen (secondary N) is 1. The molecule has 5 nitrogen and oxygen atoms in total. The molecule has 1 atom stereocenters. The van der Waals surface area contributed by atoms with E-state index in [4.69, 9.17) is 0 Å². The minimum Gasteiger partial charge on any atom is -0.347 e. The van der Waals surface area contributed by atoms with Gasteiger partial charge < -0.3 is 4.57 Å². The Hall–Kier alpha value is -2.32. The molecule has 2 heterocycles. The van der Waals surface area contributed by atoms with E-state index in [1.807, 2.05) is 28.8 Å². The molecule has 0 saturated heterocycles. The van der Waals surface area contributed by atoms with Crippen LogP contribution in [-0.4, -0.2) is 29.6 Å². The van der Waals surface area contributed by atoms with Crippen molar-refractivity contribution in [3.05, 3.63) is 53.9 Å². The summed E-state index contributed by atoms with van der Waals surface area (Å²) in [6.45, 7) is 6.88. The van der Waals surface area contributed by atoms with Crippen LogP contribution in [0.15, 0.2) is 42.7 Å². The van der Waals surface area contributed by atoms with Crippen LogP contribution in [0.4, 0.5) is 8.78 Å². The van der Waals surface area contributed by atoms with E-state index in [0.717, 1.165) is 29.6 Å². The van der Waals surface area contributed by atoms with Crippen LogP contribution in [0.25, 0.3) is 22.2 Å². The molecule has 2 aromatic heterocycles. The van der Waals surface area contributed by atoms with Gasteiger partial charge in [0.25, 0.3) is 6.43 Å². The van der Waals surface area contributed by atoms with Gasteiger partial charge in [0.15, 0.2) is 0 Å². The highest BCUT2D eigenvalue weighted by atomic mass is 32.2. The molecule has 182 valence electrons. The summed E-state index contributed by atoms with van der Waals surface area (Å²) >= 11 is 0. The fraction of sp³-hybridized carbons (Fsp3) is 0.500. The lowest BCUT2D eigenvalue weighted by Gasteiger charge is -2.20. The molecule has 1 unspecified atom stereocenters. The first-order chi connectivity index (χ1) is 16.0. The second-order valence-corrected chi connectivity index (χ2v) is 12.9. The summed E-state index contributed by atoms with van der Waals surface area (Å²) in [5, 5.41) is 0.0778. The summed E-state index contributed by atoms with van der Waals surface area (Å²) in [5.41, 5.74) is 4.12. The van der Waals surface area contributed by atoms with Crippen molar-refractivity contribution in [2.45, 2.75) is 76.6 Å². The Morgan fingerprint density at radius 2 is 1.88 bits per heavy atom. The first kappa shape index (κ1) is 23.4. The fourth-order valence-corrected chi connectivity index (χ4v) is 6.18. The quantitative estimate of drug-likeness (QED) is 0.423. The van der Waals surface area contributed by atoms with Gasteiger partial charge in [-0.15, -0.1) is 0 Å². The molecule has 1 N–H and O–H groups in total. The number of alkyl halides is 2.